The van der Waals surface area contributed by atoms with Crippen molar-refractivity contribution in [1.29, 1.82) is 0 Å². The molecule has 2 heterocycles. The fraction of sp³-hybridized carbons (Fsp3) is 0. The fourth-order valence-electron chi connectivity index (χ4n) is 6.12. The van der Waals surface area contributed by atoms with Crippen molar-refractivity contribution in [3.8, 4) is 22.3 Å². The molecule has 9 rings (SSSR count). The van der Waals surface area contributed by atoms with Crippen LogP contribution in [0.5, 0.6) is 0 Å². The SMILES string of the molecule is [2H]c1c([2H])c([2H])c2c(oc3c(N(c4ccc(-c5ccccc5)cc4)c4c(-c5ccccc5)ccc5c4sc4ccccc45)c([2H])c([2H])c([2H])c32)c1[2H]. The van der Waals surface area contributed by atoms with Gasteiger partial charge in [-0.15, -0.1) is 11.3 Å². The Hall–Kier alpha value is -5.64. The second kappa shape index (κ2) is 10.5. The van der Waals surface area contributed by atoms with Crippen LogP contribution in [0, 0.1) is 0 Å². The predicted molar refractivity (Wildman–Crippen MR) is 192 cm³/mol. The minimum absolute atomic E-state index is 0.0171. The maximum atomic E-state index is 9.51. The van der Waals surface area contributed by atoms with Crippen molar-refractivity contribution in [2.75, 3.05) is 4.90 Å². The van der Waals surface area contributed by atoms with Crippen LogP contribution in [0.2, 0.25) is 0 Å². The molecule has 0 fully saturated rings. The molecule has 0 aliphatic rings. The van der Waals surface area contributed by atoms with Crippen LogP contribution < -0.4 is 4.90 Å². The lowest BCUT2D eigenvalue weighted by molar-refractivity contribution is 0.669. The Bertz CT molecular complexity index is 2870. The fourth-order valence-corrected chi connectivity index (χ4v) is 7.36. The number of nitrogens with zero attached hydrogens (tertiary/aromatic N) is 1. The second-order valence-corrected chi connectivity index (χ2v) is 11.8. The number of fused-ring (bicyclic) bond motifs is 6. The van der Waals surface area contributed by atoms with Crippen LogP contribution in [0.25, 0.3) is 64.4 Å². The van der Waals surface area contributed by atoms with Gasteiger partial charge in [-0.05, 0) is 47.0 Å². The molecule has 7 aromatic carbocycles. The van der Waals surface area contributed by atoms with Gasteiger partial charge in [-0.2, -0.15) is 0 Å². The quantitative estimate of drug-likeness (QED) is 0.195. The number of benzene rings is 7. The standard InChI is InChI=1S/C42H27NOS/c1-3-12-28(13-4-1)29-22-24-31(25-23-29)43(37-19-11-18-35-33-16-7-9-20-38(33)44-41(35)37)40-32(30-14-5-2-6-15-30)26-27-36-34-17-8-10-21-39(34)45-42(36)40/h1-27H/i7D,9D,11D,16D,18D,19D,20D. The molecule has 2 aromatic heterocycles. The molecule has 0 unspecified atom stereocenters. The summed E-state index contributed by atoms with van der Waals surface area (Å²) in [5, 5.41) is 2.17. The van der Waals surface area contributed by atoms with Crippen molar-refractivity contribution in [3.63, 3.8) is 0 Å². The third-order valence-corrected chi connectivity index (χ3v) is 9.40. The Morgan fingerprint density at radius 2 is 1.22 bits per heavy atom. The maximum Gasteiger partial charge on any atom is 0.159 e. The number of thiophene rings is 1. The summed E-state index contributed by atoms with van der Waals surface area (Å²) in [7, 11) is 0. The number of hydrogen-bond donors (Lipinski definition) is 0. The van der Waals surface area contributed by atoms with Crippen LogP contribution in [0.4, 0.5) is 17.1 Å². The Kier molecular flexibility index (Phi) is 4.58. The number of rotatable bonds is 5. The first kappa shape index (κ1) is 19.6. The Balaban J connectivity index is 1.46. The van der Waals surface area contributed by atoms with Crippen LogP contribution in [0.3, 0.4) is 0 Å². The monoisotopic (exact) mass is 600 g/mol. The van der Waals surface area contributed by atoms with Gasteiger partial charge in [-0.3, -0.25) is 0 Å². The van der Waals surface area contributed by atoms with Gasteiger partial charge in [0.05, 0.1) is 25.7 Å². The lowest BCUT2D eigenvalue weighted by Crippen LogP contribution is -2.12. The number of para-hydroxylation sites is 2. The van der Waals surface area contributed by atoms with Crippen LogP contribution in [0.15, 0.2) is 168 Å². The molecule has 0 aliphatic carbocycles. The summed E-state index contributed by atoms with van der Waals surface area (Å²) in [6.07, 6.45) is 0. The molecule has 0 saturated carbocycles. The van der Waals surface area contributed by atoms with Gasteiger partial charge in [-0.25, -0.2) is 0 Å². The molecule has 45 heavy (non-hydrogen) atoms. The van der Waals surface area contributed by atoms with Crippen LogP contribution in [0.1, 0.15) is 9.60 Å². The van der Waals surface area contributed by atoms with E-state index in [1.54, 1.807) is 11.3 Å². The molecule has 0 radical (unpaired) electrons. The van der Waals surface area contributed by atoms with Gasteiger partial charge in [0.15, 0.2) is 5.58 Å². The topological polar surface area (TPSA) is 16.4 Å². The number of anilines is 3. The highest BCUT2D eigenvalue weighted by atomic mass is 32.1. The molecule has 0 saturated heterocycles. The second-order valence-electron chi connectivity index (χ2n) is 10.8. The van der Waals surface area contributed by atoms with Gasteiger partial charge in [0.2, 0.25) is 0 Å². The van der Waals surface area contributed by atoms with Crippen molar-refractivity contribution in [3.05, 3.63) is 164 Å². The molecular weight excluding hydrogens is 567 g/mol. The van der Waals surface area contributed by atoms with Crippen molar-refractivity contribution in [2.45, 2.75) is 0 Å². The van der Waals surface area contributed by atoms with Crippen LogP contribution in [-0.2, 0) is 0 Å². The smallest absolute Gasteiger partial charge is 0.159 e. The van der Waals surface area contributed by atoms with Crippen molar-refractivity contribution in [2.24, 2.45) is 0 Å². The van der Waals surface area contributed by atoms with Crippen molar-refractivity contribution in [1.82, 2.24) is 0 Å². The molecular formula is C42H27NOS. The highest BCUT2D eigenvalue weighted by Crippen LogP contribution is 2.51. The first-order chi connectivity index (χ1) is 25.2. The average Bonchev–Trinajstić information content (AvgIpc) is 3.77. The zero-order valence-electron chi connectivity index (χ0n) is 30.8. The maximum absolute atomic E-state index is 9.51. The van der Waals surface area contributed by atoms with E-state index in [1.165, 1.54) is 0 Å². The Labute approximate surface area is 274 Å². The largest absolute Gasteiger partial charge is 0.454 e. The molecule has 3 heteroatoms. The van der Waals surface area contributed by atoms with E-state index in [9.17, 15) is 1.37 Å². The number of furan rings is 1. The van der Waals surface area contributed by atoms with E-state index in [-0.39, 0.29) is 57.8 Å². The summed E-state index contributed by atoms with van der Waals surface area (Å²) in [5.74, 6) is 0. The molecule has 9 aromatic rings. The minimum Gasteiger partial charge on any atom is -0.454 e. The summed E-state index contributed by atoms with van der Waals surface area (Å²) >= 11 is 1.62. The Morgan fingerprint density at radius 3 is 2.04 bits per heavy atom. The van der Waals surface area contributed by atoms with Crippen molar-refractivity contribution >= 4 is 70.5 Å². The summed E-state index contributed by atoms with van der Waals surface area (Å²) in [6.45, 7) is 0. The third-order valence-electron chi connectivity index (χ3n) is 8.20. The molecule has 212 valence electrons. The first-order valence-electron chi connectivity index (χ1n) is 18.1. The molecule has 0 N–H and O–H groups in total. The third kappa shape index (κ3) is 4.24. The summed E-state index contributed by atoms with van der Waals surface area (Å²) < 4.78 is 70.4. The molecule has 0 bridgehead atoms. The Morgan fingerprint density at radius 1 is 0.533 bits per heavy atom. The van der Waals surface area contributed by atoms with Gasteiger partial charge < -0.3 is 9.32 Å². The summed E-state index contributed by atoms with van der Waals surface area (Å²) in [4.78, 5) is 1.91. The normalized spacial score (nSPS) is 13.7. The van der Waals surface area contributed by atoms with Gasteiger partial charge in [0.1, 0.15) is 5.58 Å². The average molecular weight is 601 g/mol. The summed E-state index contributed by atoms with van der Waals surface area (Å²) in [5.41, 5.74) is 5.30. The molecule has 0 atom stereocenters. The highest BCUT2D eigenvalue weighted by Gasteiger charge is 2.25. The molecule has 0 amide bonds. The van der Waals surface area contributed by atoms with E-state index in [0.29, 0.717) is 5.69 Å². The van der Waals surface area contributed by atoms with Crippen LogP contribution in [-0.4, -0.2) is 0 Å². The highest BCUT2D eigenvalue weighted by molar-refractivity contribution is 7.26. The molecule has 0 spiro atoms. The van der Waals surface area contributed by atoms with Gasteiger partial charge in [0.25, 0.3) is 0 Å². The molecule has 2 nitrogen and oxygen atoms in total. The van der Waals surface area contributed by atoms with E-state index in [0.717, 1.165) is 48.1 Å². The van der Waals surface area contributed by atoms with E-state index in [4.69, 9.17) is 12.6 Å². The van der Waals surface area contributed by atoms with E-state index >= 15 is 0 Å². The minimum atomic E-state index is -0.461. The van der Waals surface area contributed by atoms with Gasteiger partial charge in [0, 0.05) is 37.5 Å². The van der Waals surface area contributed by atoms with Gasteiger partial charge >= 0.3 is 0 Å². The van der Waals surface area contributed by atoms with Crippen LogP contribution >= 0.6 is 11.3 Å². The van der Waals surface area contributed by atoms with Gasteiger partial charge in [-0.1, -0.05) is 133 Å². The lowest BCUT2D eigenvalue weighted by atomic mass is 9.98. The van der Waals surface area contributed by atoms with E-state index < -0.39 is 12.1 Å². The zero-order valence-corrected chi connectivity index (χ0v) is 24.6. The van der Waals surface area contributed by atoms with E-state index in [1.807, 2.05) is 102 Å². The molecule has 0 aliphatic heterocycles. The summed E-state index contributed by atoms with van der Waals surface area (Å²) in [6, 6.07) is 37.6. The zero-order chi connectivity index (χ0) is 35.8. The number of hydrogen-bond acceptors (Lipinski definition) is 3. The lowest BCUT2D eigenvalue weighted by Gasteiger charge is -2.29. The van der Waals surface area contributed by atoms with E-state index in [2.05, 4.69) is 24.3 Å². The first-order valence-corrected chi connectivity index (χ1v) is 15.4. The van der Waals surface area contributed by atoms with Crippen molar-refractivity contribution < 1.29 is 14.0 Å². The predicted octanol–water partition coefficient (Wildman–Crippen LogP) is 12.8.